The molecule has 0 aliphatic heterocycles. The van der Waals surface area contributed by atoms with Crippen molar-refractivity contribution >= 4 is 38.6 Å². The van der Waals surface area contributed by atoms with Gasteiger partial charge in [-0.1, -0.05) is 0 Å². The minimum atomic E-state index is 0.833. The molecule has 3 rings (SSSR count). The quantitative estimate of drug-likeness (QED) is 0.785. The molecule has 1 aromatic carbocycles. The van der Waals surface area contributed by atoms with Crippen molar-refractivity contribution in [2.75, 3.05) is 5.32 Å². The van der Waals surface area contributed by atoms with Crippen molar-refractivity contribution in [3.8, 4) is 0 Å². The van der Waals surface area contributed by atoms with Gasteiger partial charge >= 0.3 is 0 Å². The van der Waals surface area contributed by atoms with Crippen LogP contribution in [0.5, 0.6) is 0 Å². The Hall–Kier alpha value is -1.46. The highest BCUT2D eigenvalue weighted by atomic mass is 32.1. The Morgan fingerprint density at radius 2 is 2.17 bits per heavy atom. The first-order chi connectivity index (χ1) is 8.72. The summed E-state index contributed by atoms with van der Waals surface area (Å²) in [6.45, 7) is 4.92. The van der Waals surface area contributed by atoms with Crippen LogP contribution in [0.15, 0.2) is 23.7 Å². The first-order valence-corrected chi connectivity index (χ1v) is 7.42. The van der Waals surface area contributed by atoms with Crippen molar-refractivity contribution in [3.05, 3.63) is 39.3 Å². The second-order valence-corrected chi connectivity index (χ2v) is 6.30. The predicted octanol–water partition coefficient (Wildman–Crippen LogP) is 3.98. The van der Waals surface area contributed by atoms with E-state index in [0.717, 1.165) is 28.5 Å². The average Bonchev–Trinajstić information content (AvgIpc) is 2.90. The lowest BCUT2D eigenvalue weighted by Gasteiger charge is -2.05. The third-order valence-corrected chi connectivity index (χ3v) is 4.66. The smallest absolute Gasteiger partial charge is 0.0907 e. The van der Waals surface area contributed by atoms with Crippen LogP contribution in [0, 0.1) is 13.8 Å². The van der Waals surface area contributed by atoms with Gasteiger partial charge in [-0.15, -0.1) is 22.7 Å². The summed E-state index contributed by atoms with van der Waals surface area (Å²) in [5.41, 5.74) is 5.22. The van der Waals surface area contributed by atoms with Crippen molar-refractivity contribution in [2.45, 2.75) is 20.4 Å². The molecule has 3 nitrogen and oxygen atoms in total. The molecular formula is C13H13N3S2. The van der Waals surface area contributed by atoms with Gasteiger partial charge in [-0.25, -0.2) is 9.97 Å². The van der Waals surface area contributed by atoms with E-state index >= 15 is 0 Å². The molecule has 5 heteroatoms. The molecule has 2 aromatic heterocycles. The fourth-order valence-electron chi connectivity index (χ4n) is 1.83. The van der Waals surface area contributed by atoms with Gasteiger partial charge < -0.3 is 5.32 Å². The van der Waals surface area contributed by atoms with E-state index in [1.807, 2.05) is 19.4 Å². The van der Waals surface area contributed by atoms with E-state index in [1.165, 1.54) is 9.58 Å². The van der Waals surface area contributed by atoms with Crippen molar-refractivity contribution in [1.29, 1.82) is 0 Å². The number of nitrogens with zero attached hydrogens (tertiary/aromatic N) is 2. The number of fused-ring (bicyclic) bond motifs is 1. The fourth-order valence-corrected chi connectivity index (χ4v) is 3.41. The molecule has 0 spiro atoms. The van der Waals surface area contributed by atoms with Crippen molar-refractivity contribution in [3.63, 3.8) is 0 Å². The summed E-state index contributed by atoms with van der Waals surface area (Å²) in [6.07, 6.45) is 0. The van der Waals surface area contributed by atoms with Crippen LogP contribution in [0.2, 0.25) is 0 Å². The van der Waals surface area contributed by atoms with Gasteiger partial charge in [-0.3, -0.25) is 0 Å². The van der Waals surface area contributed by atoms with Gasteiger partial charge in [0.2, 0.25) is 0 Å². The number of rotatable bonds is 3. The van der Waals surface area contributed by atoms with E-state index in [2.05, 4.69) is 33.5 Å². The number of aryl methyl sites for hydroxylation is 2. The zero-order valence-electron chi connectivity index (χ0n) is 10.2. The zero-order valence-corrected chi connectivity index (χ0v) is 11.9. The van der Waals surface area contributed by atoms with E-state index in [0.29, 0.717) is 0 Å². The highest BCUT2D eigenvalue weighted by molar-refractivity contribution is 7.18. The lowest BCUT2D eigenvalue weighted by atomic mass is 10.3. The van der Waals surface area contributed by atoms with Crippen LogP contribution in [-0.4, -0.2) is 9.97 Å². The summed E-state index contributed by atoms with van der Waals surface area (Å²) >= 11 is 3.43. The lowest BCUT2D eigenvalue weighted by Crippen LogP contribution is -1.98. The normalized spacial score (nSPS) is 11.0. The van der Waals surface area contributed by atoms with Crippen LogP contribution in [0.4, 0.5) is 5.69 Å². The summed E-state index contributed by atoms with van der Waals surface area (Å²) in [5.74, 6) is 0. The van der Waals surface area contributed by atoms with Crippen molar-refractivity contribution in [1.82, 2.24) is 9.97 Å². The van der Waals surface area contributed by atoms with Crippen molar-refractivity contribution < 1.29 is 0 Å². The monoisotopic (exact) mass is 275 g/mol. The molecule has 2 heterocycles. The Labute approximate surface area is 114 Å². The maximum Gasteiger partial charge on any atom is 0.0907 e. The first kappa shape index (κ1) is 11.6. The second kappa shape index (κ2) is 4.66. The number of benzene rings is 1. The Morgan fingerprint density at radius 1 is 1.28 bits per heavy atom. The maximum atomic E-state index is 4.46. The van der Waals surface area contributed by atoms with Gasteiger partial charge in [0, 0.05) is 10.6 Å². The second-order valence-electron chi connectivity index (χ2n) is 4.13. The van der Waals surface area contributed by atoms with Crippen LogP contribution in [0.1, 0.15) is 15.6 Å². The highest BCUT2D eigenvalue weighted by Crippen LogP contribution is 2.25. The molecule has 0 bridgehead atoms. The number of nitrogens with one attached hydrogen (secondary N) is 1. The lowest BCUT2D eigenvalue weighted by molar-refractivity contribution is 1.12. The number of thiazole rings is 2. The molecule has 0 aliphatic rings. The fraction of sp³-hybridized carbons (Fsp3) is 0.231. The molecule has 1 N–H and O–H groups in total. The Morgan fingerprint density at radius 3 is 2.94 bits per heavy atom. The minimum absolute atomic E-state index is 0.833. The number of anilines is 1. The molecule has 0 amide bonds. The highest BCUT2D eigenvalue weighted by Gasteiger charge is 2.03. The molecule has 0 unspecified atom stereocenters. The van der Waals surface area contributed by atoms with Crippen LogP contribution < -0.4 is 5.32 Å². The molecular weight excluding hydrogens is 262 g/mol. The standard InChI is InChI=1S/C13H13N3S2/c1-8-13(17-7-15-8)6-14-10-3-4-11-12(5-10)18-9(2)16-11/h3-5,7,14H,6H2,1-2H3. The van der Waals surface area contributed by atoms with Crippen molar-refractivity contribution in [2.24, 2.45) is 0 Å². The first-order valence-electron chi connectivity index (χ1n) is 5.72. The zero-order chi connectivity index (χ0) is 12.5. The van der Waals surface area contributed by atoms with E-state index < -0.39 is 0 Å². The molecule has 18 heavy (non-hydrogen) atoms. The molecule has 0 aliphatic carbocycles. The van der Waals surface area contributed by atoms with Crippen LogP contribution in [0.25, 0.3) is 10.2 Å². The van der Waals surface area contributed by atoms with Crippen LogP contribution in [0.3, 0.4) is 0 Å². The van der Waals surface area contributed by atoms with Crippen LogP contribution >= 0.6 is 22.7 Å². The predicted molar refractivity (Wildman–Crippen MR) is 78.5 cm³/mol. The van der Waals surface area contributed by atoms with Gasteiger partial charge in [-0.2, -0.15) is 0 Å². The van der Waals surface area contributed by atoms with Gasteiger partial charge in [0.25, 0.3) is 0 Å². The van der Waals surface area contributed by atoms with E-state index in [1.54, 1.807) is 22.7 Å². The van der Waals surface area contributed by atoms with E-state index in [4.69, 9.17) is 0 Å². The third-order valence-electron chi connectivity index (χ3n) is 2.79. The van der Waals surface area contributed by atoms with Gasteiger partial charge in [0.1, 0.15) is 0 Å². The van der Waals surface area contributed by atoms with Gasteiger partial charge in [-0.05, 0) is 32.0 Å². The third kappa shape index (κ3) is 2.23. The maximum absolute atomic E-state index is 4.46. The van der Waals surface area contributed by atoms with E-state index in [9.17, 15) is 0 Å². The number of hydrogen-bond acceptors (Lipinski definition) is 5. The number of aromatic nitrogens is 2. The Balaban J connectivity index is 1.80. The Kier molecular flexibility index (Phi) is 3.01. The average molecular weight is 275 g/mol. The summed E-state index contributed by atoms with van der Waals surface area (Å²) in [5, 5.41) is 4.55. The minimum Gasteiger partial charge on any atom is -0.380 e. The van der Waals surface area contributed by atoms with E-state index in [-0.39, 0.29) is 0 Å². The molecule has 92 valence electrons. The summed E-state index contributed by atoms with van der Waals surface area (Å²) in [4.78, 5) is 10.0. The molecule has 0 saturated heterocycles. The molecule has 3 aromatic rings. The Bertz CT molecular complexity index is 684. The largest absolute Gasteiger partial charge is 0.380 e. The van der Waals surface area contributed by atoms with Crippen LogP contribution in [-0.2, 0) is 6.54 Å². The van der Waals surface area contributed by atoms with Gasteiger partial charge in [0.05, 0.1) is 33.0 Å². The molecule has 0 atom stereocenters. The summed E-state index contributed by atoms with van der Waals surface area (Å²) in [7, 11) is 0. The van der Waals surface area contributed by atoms with Gasteiger partial charge in [0.15, 0.2) is 0 Å². The summed E-state index contributed by atoms with van der Waals surface area (Å²) < 4.78 is 1.23. The summed E-state index contributed by atoms with van der Waals surface area (Å²) in [6, 6.07) is 6.31. The topological polar surface area (TPSA) is 37.8 Å². The molecule has 0 saturated carbocycles. The SMILES string of the molecule is Cc1nc2ccc(NCc3scnc3C)cc2s1. The molecule has 0 radical (unpaired) electrons. The number of hydrogen-bond donors (Lipinski definition) is 1. The molecule has 0 fully saturated rings.